The molecule has 17 nitrogen and oxygen atoms in total. The number of fused-ring (bicyclic) bond motifs is 1. The number of hydrogen-bond acceptors (Lipinski definition) is 17. The second-order valence-electron chi connectivity index (χ2n) is 10.5. The summed E-state index contributed by atoms with van der Waals surface area (Å²) >= 11 is 0. The number of benzene rings is 2. The molecule has 2 fully saturated rings. The van der Waals surface area contributed by atoms with Crippen molar-refractivity contribution in [2.45, 2.75) is 67.5 Å². The lowest BCUT2D eigenvalue weighted by molar-refractivity contribution is -0.328. The molecule has 44 heavy (non-hydrogen) atoms. The summed E-state index contributed by atoms with van der Waals surface area (Å²) in [5, 5.41) is 122. The van der Waals surface area contributed by atoms with Crippen LogP contribution in [-0.4, -0.2) is 136 Å². The van der Waals surface area contributed by atoms with E-state index >= 15 is 0 Å². The molecule has 0 spiro atoms. The van der Waals surface area contributed by atoms with Crippen LogP contribution in [0.25, 0.3) is 6.08 Å². The quantitative estimate of drug-likeness (QED) is 0.139. The van der Waals surface area contributed by atoms with Crippen LogP contribution in [0.2, 0.25) is 0 Å². The monoisotopic (exact) mass is 628 g/mol. The number of aromatic hydroxyl groups is 5. The normalized spacial score (nSPS) is 35.3. The zero-order valence-corrected chi connectivity index (χ0v) is 22.6. The largest absolute Gasteiger partial charge is 0.508 e. The summed E-state index contributed by atoms with van der Waals surface area (Å²) in [5.41, 5.74) is 0.000529. The number of phenols is 5. The highest BCUT2D eigenvalue weighted by molar-refractivity contribution is 5.70. The summed E-state index contributed by atoms with van der Waals surface area (Å²) in [5.74, 6) is -3.38. The number of aliphatic hydroxyl groups excluding tert-OH is 7. The molecular weight excluding hydrogens is 596 g/mol. The van der Waals surface area contributed by atoms with Gasteiger partial charge in [-0.05, 0) is 18.2 Å². The van der Waals surface area contributed by atoms with Crippen molar-refractivity contribution in [3.05, 3.63) is 41.2 Å². The Morgan fingerprint density at radius 3 is 1.89 bits per heavy atom. The molecule has 12 N–H and O–H groups in total. The van der Waals surface area contributed by atoms with Crippen molar-refractivity contribution in [3.8, 4) is 34.5 Å². The van der Waals surface area contributed by atoms with Crippen molar-refractivity contribution in [1.82, 2.24) is 0 Å². The number of ether oxygens (including phenoxy) is 5. The van der Waals surface area contributed by atoms with Gasteiger partial charge in [0, 0.05) is 17.7 Å². The molecule has 2 aromatic carbocycles. The molecule has 2 aromatic rings. The van der Waals surface area contributed by atoms with Gasteiger partial charge in [-0.2, -0.15) is 0 Å². The smallest absolute Gasteiger partial charge is 0.228 e. The van der Waals surface area contributed by atoms with Crippen LogP contribution in [0.5, 0.6) is 34.5 Å². The van der Waals surface area contributed by atoms with Crippen LogP contribution in [0.15, 0.2) is 30.0 Å². The van der Waals surface area contributed by atoms with E-state index in [0.29, 0.717) is 0 Å². The lowest BCUT2D eigenvalue weighted by atomic mass is 9.98. The fraction of sp³-hybridized carbons (Fsp3) is 0.481. The minimum Gasteiger partial charge on any atom is -0.508 e. The second kappa shape index (κ2) is 12.4. The average Bonchev–Trinajstić information content (AvgIpc) is 2.98. The van der Waals surface area contributed by atoms with E-state index < -0.39 is 104 Å². The van der Waals surface area contributed by atoms with E-state index in [9.17, 15) is 61.3 Å². The molecular formula is C27H32O17. The minimum atomic E-state index is -1.90. The summed E-state index contributed by atoms with van der Waals surface area (Å²) in [4.78, 5) is 0. The van der Waals surface area contributed by atoms with Gasteiger partial charge in [0.2, 0.25) is 6.29 Å². The van der Waals surface area contributed by atoms with Gasteiger partial charge in [0.15, 0.2) is 29.6 Å². The number of hydrogen-bond donors (Lipinski definition) is 12. The Hall–Kier alpha value is -3.62. The van der Waals surface area contributed by atoms with E-state index in [1.807, 2.05) is 0 Å². The van der Waals surface area contributed by atoms with Crippen molar-refractivity contribution in [2.24, 2.45) is 0 Å². The SMILES string of the molecule is OCC1OC(OCC2OC(OC3=Cc4c(O)cc(O)cc4OC3c3cc(O)c(O)c(O)c3)C(O)C(O)C2O)C(O)C(O)C1O. The number of aliphatic hydroxyl groups is 7. The summed E-state index contributed by atoms with van der Waals surface area (Å²) in [6.45, 7) is -1.35. The molecule has 0 bridgehead atoms. The van der Waals surface area contributed by atoms with Gasteiger partial charge in [-0.3, -0.25) is 0 Å². The van der Waals surface area contributed by atoms with Crippen LogP contribution in [0.1, 0.15) is 17.2 Å². The van der Waals surface area contributed by atoms with Crippen molar-refractivity contribution in [1.29, 1.82) is 0 Å². The van der Waals surface area contributed by atoms with Crippen molar-refractivity contribution in [2.75, 3.05) is 13.2 Å². The predicted octanol–water partition coefficient (Wildman–Crippen LogP) is -2.67. The highest BCUT2D eigenvalue weighted by Crippen LogP contribution is 2.47. The van der Waals surface area contributed by atoms with Crippen LogP contribution in [0.3, 0.4) is 0 Å². The Balaban J connectivity index is 1.40. The zero-order valence-electron chi connectivity index (χ0n) is 22.6. The first-order valence-electron chi connectivity index (χ1n) is 13.3. The molecule has 0 saturated carbocycles. The number of rotatable bonds is 7. The van der Waals surface area contributed by atoms with E-state index in [0.717, 1.165) is 24.3 Å². The standard InChI is InChI=1S/C27H32O17/c28-6-16-19(34)21(36)23(38)26(43-16)40-7-17-20(35)22(37)24(39)27(44-17)42-15-5-10-11(30)3-9(29)4-14(10)41-25(15)8-1-12(31)18(33)13(32)2-8/h1-5,16-17,19-39H,6-7H2. The van der Waals surface area contributed by atoms with Gasteiger partial charge >= 0.3 is 0 Å². The Kier molecular flexibility index (Phi) is 8.96. The highest BCUT2D eigenvalue weighted by Gasteiger charge is 2.48. The minimum absolute atomic E-state index is 0.00841. The first kappa shape index (κ1) is 31.8. The second-order valence-corrected chi connectivity index (χ2v) is 10.5. The van der Waals surface area contributed by atoms with Gasteiger partial charge < -0.3 is 85.0 Å². The topological polar surface area (TPSA) is 289 Å². The molecule has 17 heteroatoms. The Bertz CT molecular complexity index is 1360. The van der Waals surface area contributed by atoms with Gasteiger partial charge in [0.1, 0.15) is 71.8 Å². The van der Waals surface area contributed by atoms with Gasteiger partial charge in [0.05, 0.1) is 18.8 Å². The molecule has 11 atom stereocenters. The Labute approximate surface area is 247 Å². The highest BCUT2D eigenvalue weighted by atomic mass is 16.7. The molecule has 0 amide bonds. The predicted molar refractivity (Wildman–Crippen MR) is 140 cm³/mol. The van der Waals surface area contributed by atoms with E-state index in [4.69, 9.17) is 23.7 Å². The molecule has 5 rings (SSSR count). The van der Waals surface area contributed by atoms with Gasteiger partial charge in [0.25, 0.3) is 0 Å². The Morgan fingerprint density at radius 1 is 0.659 bits per heavy atom. The van der Waals surface area contributed by atoms with E-state index in [-0.39, 0.29) is 28.4 Å². The van der Waals surface area contributed by atoms with Crippen molar-refractivity contribution >= 4 is 6.08 Å². The van der Waals surface area contributed by atoms with Crippen molar-refractivity contribution < 1.29 is 85.0 Å². The first-order valence-corrected chi connectivity index (χ1v) is 13.3. The molecule has 0 radical (unpaired) electrons. The molecule has 0 aromatic heterocycles. The van der Waals surface area contributed by atoms with E-state index in [2.05, 4.69) is 0 Å². The van der Waals surface area contributed by atoms with Gasteiger partial charge in [-0.1, -0.05) is 0 Å². The van der Waals surface area contributed by atoms with Gasteiger partial charge in [-0.15, -0.1) is 0 Å². The number of phenolic OH excluding ortho intramolecular Hbond substituents is 5. The maximum atomic E-state index is 10.7. The maximum Gasteiger partial charge on any atom is 0.228 e. The van der Waals surface area contributed by atoms with Crippen LogP contribution < -0.4 is 4.74 Å². The third kappa shape index (κ3) is 5.89. The maximum absolute atomic E-state index is 10.7. The molecule has 3 heterocycles. The van der Waals surface area contributed by atoms with Crippen LogP contribution in [0, 0.1) is 0 Å². The summed E-state index contributed by atoms with van der Waals surface area (Å²) < 4.78 is 28.0. The lowest BCUT2D eigenvalue weighted by Crippen LogP contribution is -2.61. The summed E-state index contributed by atoms with van der Waals surface area (Å²) in [6, 6.07) is 4.22. The summed E-state index contributed by atoms with van der Waals surface area (Å²) in [7, 11) is 0. The van der Waals surface area contributed by atoms with E-state index in [1.165, 1.54) is 6.08 Å². The molecule has 3 aliphatic heterocycles. The molecule has 11 unspecified atom stereocenters. The van der Waals surface area contributed by atoms with Gasteiger partial charge in [-0.25, -0.2) is 0 Å². The summed E-state index contributed by atoms with van der Waals surface area (Å²) in [6.07, 6.45) is -17.0. The fourth-order valence-corrected chi connectivity index (χ4v) is 5.03. The molecule has 0 aliphatic carbocycles. The molecule has 242 valence electrons. The van der Waals surface area contributed by atoms with Crippen molar-refractivity contribution in [3.63, 3.8) is 0 Å². The average molecular weight is 629 g/mol. The molecule has 2 saturated heterocycles. The third-order valence-electron chi connectivity index (χ3n) is 7.48. The Morgan fingerprint density at radius 2 is 1.25 bits per heavy atom. The first-order chi connectivity index (χ1) is 20.8. The van der Waals surface area contributed by atoms with E-state index in [1.54, 1.807) is 0 Å². The lowest BCUT2D eigenvalue weighted by Gasteiger charge is -2.43. The fourth-order valence-electron chi connectivity index (χ4n) is 5.03. The van der Waals surface area contributed by atoms with Crippen LogP contribution >= 0.6 is 0 Å². The molecule has 3 aliphatic rings. The van der Waals surface area contributed by atoms with Crippen LogP contribution in [0.4, 0.5) is 0 Å². The zero-order chi connectivity index (χ0) is 32.0. The van der Waals surface area contributed by atoms with Crippen LogP contribution in [-0.2, 0) is 18.9 Å². The third-order valence-corrected chi connectivity index (χ3v) is 7.48.